The number of rotatable bonds is 8. The molecule has 0 spiro atoms. The van der Waals surface area contributed by atoms with E-state index in [2.05, 4.69) is 49.5 Å². The van der Waals surface area contributed by atoms with Crippen LogP contribution >= 0.6 is 0 Å². The average Bonchev–Trinajstić information content (AvgIpc) is 2.47. The van der Waals surface area contributed by atoms with Crippen LogP contribution in [0.3, 0.4) is 0 Å². The maximum Gasteiger partial charge on any atom is 0.305 e. The zero-order valence-corrected chi connectivity index (χ0v) is 15.3. The summed E-state index contributed by atoms with van der Waals surface area (Å²) in [5, 5.41) is 10.5. The van der Waals surface area contributed by atoms with E-state index in [1.807, 2.05) is 7.05 Å². The molecule has 4 heteroatoms. The lowest BCUT2D eigenvalue weighted by Gasteiger charge is -2.21. The van der Waals surface area contributed by atoms with Crippen molar-refractivity contribution in [3.8, 4) is 5.75 Å². The molecule has 0 aliphatic carbocycles. The first-order chi connectivity index (χ1) is 10.8. The number of phenolic OH excluding ortho intramolecular Hbond substituents is 1. The van der Waals surface area contributed by atoms with E-state index in [0.29, 0.717) is 12.2 Å². The molecule has 4 nitrogen and oxygen atoms in total. The van der Waals surface area contributed by atoms with Crippen molar-refractivity contribution >= 4 is 5.97 Å². The van der Waals surface area contributed by atoms with Gasteiger partial charge in [0, 0.05) is 13.0 Å². The number of hydrogen-bond donors (Lipinski definition) is 1. The molecule has 23 heavy (non-hydrogen) atoms. The minimum Gasteiger partial charge on any atom is -0.507 e. The third-order valence-electron chi connectivity index (χ3n) is 4.07. The molecule has 1 N–H and O–H groups in total. The zero-order valence-electron chi connectivity index (χ0n) is 15.3. The van der Waals surface area contributed by atoms with E-state index >= 15 is 0 Å². The summed E-state index contributed by atoms with van der Waals surface area (Å²) in [6, 6.07) is 4.20. The Morgan fingerprint density at radius 2 is 1.70 bits per heavy atom. The summed E-state index contributed by atoms with van der Waals surface area (Å²) in [6.07, 6.45) is 1.24. The van der Waals surface area contributed by atoms with Crippen LogP contribution in [0.2, 0.25) is 0 Å². The normalized spacial score (nSPS) is 11.5. The summed E-state index contributed by atoms with van der Waals surface area (Å²) in [7, 11) is 3.47. The van der Waals surface area contributed by atoms with Gasteiger partial charge in [0.15, 0.2) is 0 Å². The fourth-order valence-electron chi connectivity index (χ4n) is 2.70. The van der Waals surface area contributed by atoms with Crippen molar-refractivity contribution in [2.45, 2.75) is 58.9 Å². The Morgan fingerprint density at radius 1 is 1.17 bits per heavy atom. The van der Waals surface area contributed by atoms with Gasteiger partial charge in [0.2, 0.25) is 0 Å². The molecular formula is C19H31NO3. The highest BCUT2D eigenvalue weighted by molar-refractivity contribution is 5.69. The predicted molar refractivity (Wildman–Crippen MR) is 93.9 cm³/mol. The van der Waals surface area contributed by atoms with Crippen LogP contribution in [0, 0.1) is 0 Å². The lowest BCUT2D eigenvalue weighted by atomic mass is 9.91. The third kappa shape index (κ3) is 5.87. The molecule has 0 saturated carbocycles. The lowest BCUT2D eigenvalue weighted by molar-refractivity contribution is -0.140. The molecular weight excluding hydrogens is 290 g/mol. The quantitative estimate of drug-likeness (QED) is 0.735. The lowest BCUT2D eigenvalue weighted by Crippen LogP contribution is -2.20. The van der Waals surface area contributed by atoms with Crippen LogP contribution in [-0.2, 0) is 16.1 Å². The molecule has 0 saturated heterocycles. The highest BCUT2D eigenvalue weighted by Gasteiger charge is 2.15. The van der Waals surface area contributed by atoms with Gasteiger partial charge >= 0.3 is 5.97 Å². The number of phenols is 1. The van der Waals surface area contributed by atoms with E-state index < -0.39 is 0 Å². The van der Waals surface area contributed by atoms with Crippen molar-refractivity contribution in [2.24, 2.45) is 0 Å². The number of carbonyl (C=O) groups is 1. The van der Waals surface area contributed by atoms with E-state index in [0.717, 1.165) is 30.6 Å². The largest absolute Gasteiger partial charge is 0.507 e. The minimum absolute atomic E-state index is 0.160. The molecule has 0 atom stereocenters. The smallest absolute Gasteiger partial charge is 0.305 e. The van der Waals surface area contributed by atoms with Crippen molar-refractivity contribution in [1.29, 1.82) is 0 Å². The van der Waals surface area contributed by atoms with Crippen LogP contribution in [0.1, 0.15) is 69.1 Å². The van der Waals surface area contributed by atoms with Crippen molar-refractivity contribution in [2.75, 3.05) is 20.7 Å². The van der Waals surface area contributed by atoms with Gasteiger partial charge in [-0.3, -0.25) is 4.79 Å². The maximum absolute atomic E-state index is 11.2. The molecule has 0 radical (unpaired) electrons. The van der Waals surface area contributed by atoms with Gasteiger partial charge in [-0.25, -0.2) is 0 Å². The highest BCUT2D eigenvalue weighted by atomic mass is 16.5. The van der Waals surface area contributed by atoms with E-state index in [-0.39, 0.29) is 17.8 Å². The second-order valence-corrected chi connectivity index (χ2v) is 6.85. The monoisotopic (exact) mass is 321 g/mol. The highest BCUT2D eigenvalue weighted by Crippen LogP contribution is 2.35. The molecule has 0 bridgehead atoms. The molecule has 1 aromatic rings. The topological polar surface area (TPSA) is 49.8 Å². The number of esters is 1. The predicted octanol–water partition coefficient (Wildman–Crippen LogP) is 4.02. The summed E-state index contributed by atoms with van der Waals surface area (Å²) in [6.45, 7) is 10.0. The molecule has 0 fully saturated rings. The van der Waals surface area contributed by atoms with Crippen LogP contribution in [-0.4, -0.2) is 36.7 Å². The number of benzene rings is 1. The number of aromatic hydroxyl groups is 1. The Balaban J connectivity index is 2.81. The molecule has 1 rings (SSSR count). The van der Waals surface area contributed by atoms with E-state index in [1.54, 1.807) is 0 Å². The first-order valence-electron chi connectivity index (χ1n) is 8.37. The van der Waals surface area contributed by atoms with Crippen LogP contribution < -0.4 is 0 Å². The number of ether oxygens (including phenoxy) is 1. The molecule has 130 valence electrons. The van der Waals surface area contributed by atoms with Gasteiger partial charge in [0.25, 0.3) is 0 Å². The van der Waals surface area contributed by atoms with Gasteiger partial charge in [-0.2, -0.15) is 0 Å². The summed E-state index contributed by atoms with van der Waals surface area (Å²) >= 11 is 0. The van der Waals surface area contributed by atoms with Crippen LogP contribution in [0.4, 0.5) is 0 Å². The second-order valence-electron chi connectivity index (χ2n) is 6.85. The summed E-state index contributed by atoms with van der Waals surface area (Å²) in [5.74, 6) is 0.855. The van der Waals surface area contributed by atoms with E-state index in [4.69, 9.17) is 0 Å². The molecule has 0 unspecified atom stereocenters. The van der Waals surface area contributed by atoms with Gasteiger partial charge in [0.1, 0.15) is 5.75 Å². The summed E-state index contributed by atoms with van der Waals surface area (Å²) in [4.78, 5) is 13.4. The Bertz CT molecular complexity index is 494. The zero-order chi connectivity index (χ0) is 17.6. The minimum atomic E-state index is -0.160. The third-order valence-corrected chi connectivity index (χ3v) is 4.07. The van der Waals surface area contributed by atoms with E-state index in [9.17, 15) is 9.90 Å². The summed E-state index contributed by atoms with van der Waals surface area (Å²) < 4.78 is 4.66. The number of hydrogen-bond acceptors (Lipinski definition) is 4. The molecule has 1 aromatic carbocycles. The van der Waals surface area contributed by atoms with Crippen LogP contribution in [0.15, 0.2) is 12.1 Å². The van der Waals surface area contributed by atoms with E-state index in [1.165, 1.54) is 12.7 Å². The Kier molecular flexibility index (Phi) is 7.56. The van der Waals surface area contributed by atoms with Gasteiger partial charge in [0.05, 0.1) is 7.11 Å². The van der Waals surface area contributed by atoms with Crippen molar-refractivity contribution < 1.29 is 14.6 Å². The number of carbonyl (C=O) groups excluding carboxylic acids is 1. The Labute approximate surface area is 140 Å². The Morgan fingerprint density at radius 3 is 2.13 bits per heavy atom. The fourth-order valence-corrected chi connectivity index (χ4v) is 2.70. The molecule has 0 aromatic heterocycles. The average molecular weight is 321 g/mol. The first kappa shape index (κ1) is 19.5. The molecule has 0 amide bonds. The number of methoxy groups -OCH3 is 1. The SMILES string of the molecule is COC(=O)CCCN(C)Cc1cc(C(C)C)c(O)c(C(C)C)c1. The van der Waals surface area contributed by atoms with Crippen LogP contribution in [0.25, 0.3) is 0 Å². The van der Waals surface area contributed by atoms with Crippen molar-refractivity contribution in [1.82, 2.24) is 4.90 Å². The molecule has 0 heterocycles. The van der Waals surface area contributed by atoms with Gasteiger partial charge in [-0.1, -0.05) is 39.8 Å². The van der Waals surface area contributed by atoms with Crippen molar-refractivity contribution in [3.63, 3.8) is 0 Å². The molecule has 0 aliphatic rings. The second kappa shape index (κ2) is 8.92. The van der Waals surface area contributed by atoms with Crippen molar-refractivity contribution in [3.05, 3.63) is 28.8 Å². The molecule has 0 aliphatic heterocycles. The van der Waals surface area contributed by atoms with Gasteiger partial charge < -0.3 is 14.7 Å². The van der Waals surface area contributed by atoms with Crippen LogP contribution in [0.5, 0.6) is 5.75 Å². The van der Waals surface area contributed by atoms with Gasteiger partial charge in [-0.15, -0.1) is 0 Å². The summed E-state index contributed by atoms with van der Waals surface area (Å²) in [5.41, 5.74) is 3.22. The standard InChI is InChI=1S/C19H31NO3/c1-13(2)16-10-15(11-17(14(3)4)19(16)22)12-20(5)9-7-8-18(21)23-6/h10-11,13-14,22H,7-9,12H2,1-6H3. The number of nitrogens with zero attached hydrogens (tertiary/aromatic N) is 1. The Hall–Kier alpha value is -1.55. The van der Waals surface area contributed by atoms with Gasteiger partial charge in [-0.05, 0) is 48.5 Å². The maximum atomic E-state index is 11.2. The fraction of sp³-hybridized carbons (Fsp3) is 0.632. The first-order valence-corrected chi connectivity index (χ1v) is 8.37.